The lowest BCUT2D eigenvalue weighted by Crippen LogP contribution is -2.19. The summed E-state index contributed by atoms with van der Waals surface area (Å²) in [4.78, 5) is 16.1. The standard InChI is InChI=1S/C19H20N4O/c1-15-12-21-23(13-15)14-19(24)22-18-4-2-3-17(11-18)6-5-16-7-9-20-10-8-16/h2-4,7-13H,5-6,14H2,1H3,(H,22,24). The molecule has 0 fully saturated rings. The fourth-order valence-corrected chi connectivity index (χ4v) is 2.54. The SMILES string of the molecule is Cc1cnn(CC(=O)Nc2cccc(CCc3ccncc3)c2)c1. The molecule has 122 valence electrons. The molecule has 24 heavy (non-hydrogen) atoms. The second-order valence-electron chi connectivity index (χ2n) is 5.82. The average Bonchev–Trinajstić information content (AvgIpc) is 2.99. The van der Waals surface area contributed by atoms with Crippen molar-refractivity contribution < 1.29 is 4.79 Å². The van der Waals surface area contributed by atoms with Gasteiger partial charge in [-0.2, -0.15) is 5.10 Å². The molecule has 0 unspecified atom stereocenters. The highest BCUT2D eigenvalue weighted by molar-refractivity contribution is 5.90. The van der Waals surface area contributed by atoms with E-state index < -0.39 is 0 Å². The van der Waals surface area contributed by atoms with Gasteiger partial charge in [-0.25, -0.2) is 0 Å². The molecule has 0 aliphatic heterocycles. The van der Waals surface area contributed by atoms with Crippen molar-refractivity contribution in [3.8, 4) is 0 Å². The minimum absolute atomic E-state index is 0.0793. The van der Waals surface area contributed by atoms with Crippen LogP contribution < -0.4 is 5.32 Å². The van der Waals surface area contributed by atoms with E-state index in [2.05, 4.69) is 21.5 Å². The van der Waals surface area contributed by atoms with Gasteiger partial charge in [0, 0.05) is 24.3 Å². The van der Waals surface area contributed by atoms with E-state index in [1.54, 1.807) is 10.9 Å². The van der Waals surface area contributed by atoms with Gasteiger partial charge in [-0.15, -0.1) is 0 Å². The van der Waals surface area contributed by atoms with Gasteiger partial charge in [-0.1, -0.05) is 12.1 Å². The Kier molecular flexibility index (Phi) is 5.01. The van der Waals surface area contributed by atoms with E-state index in [4.69, 9.17) is 0 Å². The molecule has 2 aromatic heterocycles. The maximum absolute atomic E-state index is 12.1. The molecule has 1 aromatic carbocycles. The van der Waals surface area contributed by atoms with Crippen molar-refractivity contribution >= 4 is 11.6 Å². The summed E-state index contributed by atoms with van der Waals surface area (Å²) in [7, 11) is 0. The Bertz CT molecular complexity index is 811. The van der Waals surface area contributed by atoms with Crippen LogP contribution in [0.3, 0.4) is 0 Å². The van der Waals surface area contributed by atoms with Crippen LogP contribution >= 0.6 is 0 Å². The summed E-state index contributed by atoms with van der Waals surface area (Å²) in [5.41, 5.74) is 4.31. The Labute approximate surface area is 141 Å². The first-order valence-corrected chi connectivity index (χ1v) is 7.96. The number of carbonyl (C=O) groups is 1. The van der Waals surface area contributed by atoms with E-state index in [1.165, 1.54) is 11.1 Å². The predicted octanol–water partition coefficient (Wildman–Crippen LogP) is 3.01. The first-order valence-electron chi connectivity index (χ1n) is 7.96. The van der Waals surface area contributed by atoms with Crippen LogP contribution in [0.25, 0.3) is 0 Å². The van der Waals surface area contributed by atoms with E-state index >= 15 is 0 Å². The summed E-state index contributed by atoms with van der Waals surface area (Å²) in [6.45, 7) is 2.17. The maximum atomic E-state index is 12.1. The van der Waals surface area contributed by atoms with Crippen LogP contribution in [0.15, 0.2) is 61.2 Å². The molecule has 0 aliphatic carbocycles. The predicted molar refractivity (Wildman–Crippen MR) is 93.7 cm³/mol. The number of nitrogens with one attached hydrogen (secondary N) is 1. The topological polar surface area (TPSA) is 59.8 Å². The highest BCUT2D eigenvalue weighted by Gasteiger charge is 2.05. The molecule has 0 atom stereocenters. The van der Waals surface area contributed by atoms with Gasteiger partial charge < -0.3 is 5.32 Å². The number of aryl methyl sites for hydroxylation is 3. The Hall–Kier alpha value is -2.95. The van der Waals surface area contributed by atoms with Crippen molar-refractivity contribution in [1.82, 2.24) is 14.8 Å². The maximum Gasteiger partial charge on any atom is 0.246 e. The van der Waals surface area contributed by atoms with Crippen molar-refractivity contribution in [3.63, 3.8) is 0 Å². The highest BCUT2D eigenvalue weighted by atomic mass is 16.2. The quantitative estimate of drug-likeness (QED) is 0.759. The highest BCUT2D eigenvalue weighted by Crippen LogP contribution is 2.13. The second kappa shape index (κ2) is 7.55. The molecule has 2 heterocycles. The first kappa shape index (κ1) is 15.9. The van der Waals surface area contributed by atoms with Gasteiger partial charge in [-0.3, -0.25) is 14.5 Å². The molecule has 0 bridgehead atoms. The molecular weight excluding hydrogens is 300 g/mol. The number of hydrogen-bond acceptors (Lipinski definition) is 3. The van der Waals surface area contributed by atoms with E-state index in [1.807, 2.05) is 55.8 Å². The van der Waals surface area contributed by atoms with Crippen molar-refractivity contribution in [3.05, 3.63) is 77.9 Å². The normalized spacial score (nSPS) is 10.5. The number of rotatable bonds is 6. The van der Waals surface area contributed by atoms with Gasteiger partial charge in [-0.05, 0) is 60.7 Å². The van der Waals surface area contributed by atoms with Gasteiger partial charge in [0.2, 0.25) is 5.91 Å². The summed E-state index contributed by atoms with van der Waals surface area (Å²) in [6.07, 6.45) is 9.09. The lowest BCUT2D eigenvalue weighted by Gasteiger charge is -2.08. The zero-order chi connectivity index (χ0) is 16.8. The molecule has 0 aliphatic rings. The molecule has 5 nitrogen and oxygen atoms in total. The van der Waals surface area contributed by atoms with Crippen LogP contribution in [-0.2, 0) is 24.2 Å². The van der Waals surface area contributed by atoms with Crippen molar-refractivity contribution in [2.75, 3.05) is 5.32 Å². The Balaban J connectivity index is 1.57. The summed E-state index contributed by atoms with van der Waals surface area (Å²) in [6, 6.07) is 12.0. The lowest BCUT2D eigenvalue weighted by atomic mass is 10.0. The average molecular weight is 320 g/mol. The molecule has 0 spiro atoms. The van der Waals surface area contributed by atoms with E-state index in [9.17, 15) is 4.79 Å². The minimum Gasteiger partial charge on any atom is -0.324 e. The summed E-state index contributed by atoms with van der Waals surface area (Å²) in [5, 5.41) is 7.06. The fraction of sp³-hybridized carbons (Fsp3) is 0.211. The van der Waals surface area contributed by atoms with Crippen molar-refractivity contribution in [1.29, 1.82) is 0 Å². The smallest absolute Gasteiger partial charge is 0.246 e. The van der Waals surface area contributed by atoms with Crippen LogP contribution in [0.4, 0.5) is 5.69 Å². The first-order chi connectivity index (χ1) is 11.7. The largest absolute Gasteiger partial charge is 0.324 e. The number of benzene rings is 1. The third-order valence-electron chi connectivity index (χ3n) is 3.73. The Morgan fingerprint density at radius 2 is 1.92 bits per heavy atom. The van der Waals surface area contributed by atoms with Gasteiger partial charge in [0.15, 0.2) is 0 Å². The number of hydrogen-bond donors (Lipinski definition) is 1. The van der Waals surface area contributed by atoms with Crippen molar-refractivity contribution in [2.24, 2.45) is 0 Å². The van der Waals surface area contributed by atoms with Crippen LogP contribution in [0, 0.1) is 6.92 Å². The third-order valence-corrected chi connectivity index (χ3v) is 3.73. The molecular formula is C19H20N4O. The monoisotopic (exact) mass is 320 g/mol. The van der Waals surface area contributed by atoms with Gasteiger partial charge in [0.25, 0.3) is 0 Å². The molecule has 1 amide bonds. The third kappa shape index (κ3) is 4.52. The number of anilines is 1. The molecule has 0 saturated carbocycles. The molecule has 0 saturated heterocycles. The molecule has 0 radical (unpaired) electrons. The van der Waals surface area contributed by atoms with Crippen LogP contribution in [0.1, 0.15) is 16.7 Å². The van der Waals surface area contributed by atoms with Crippen LogP contribution in [-0.4, -0.2) is 20.7 Å². The molecule has 3 aromatic rings. The van der Waals surface area contributed by atoms with Gasteiger partial charge in [0.05, 0.1) is 6.20 Å². The van der Waals surface area contributed by atoms with Crippen LogP contribution in [0.5, 0.6) is 0 Å². The molecule has 1 N–H and O–H groups in total. The fourth-order valence-electron chi connectivity index (χ4n) is 2.54. The summed E-state index contributed by atoms with van der Waals surface area (Å²) < 4.78 is 1.64. The zero-order valence-electron chi connectivity index (χ0n) is 13.6. The summed E-state index contributed by atoms with van der Waals surface area (Å²) in [5.74, 6) is -0.0793. The number of carbonyl (C=O) groups excluding carboxylic acids is 1. The van der Waals surface area contributed by atoms with E-state index in [0.717, 1.165) is 24.1 Å². The molecule has 3 rings (SSSR count). The van der Waals surface area contributed by atoms with Gasteiger partial charge >= 0.3 is 0 Å². The van der Waals surface area contributed by atoms with Crippen LogP contribution in [0.2, 0.25) is 0 Å². The van der Waals surface area contributed by atoms with Gasteiger partial charge in [0.1, 0.15) is 6.54 Å². The Morgan fingerprint density at radius 1 is 1.12 bits per heavy atom. The van der Waals surface area contributed by atoms with E-state index in [-0.39, 0.29) is 12.5 Å². The summed E-state index contributed by atoms with van der Waals surface area (Å²) >= 11 is 0. The zero-order valence-corrected chi connectivity index (χ0v) is 13.6. The number of pyridine rings is 1. The minimum atomic E-state index is -0.0793. The molecule has 5 heteroatoms. The number of amides is 1. The van der Waals surface area contributed by atoms with E-state index in [0.29, 0.717) is 0 Å². The second-order valence-corrected chi connectivity index (χ2v) is 5.82. The number of nitrogens with zero attached hydrogens (tertiary/aromatic N) is 3. The number of aromatic nitrogens is 3. The van der Waals surface area contributed by atoms with Crippen molar-refractivity contribution in [2.45, 2.75) is 26.3 Å². The lowest BCUT2D eigenvalue weighted by molar-refractivity contribution is -0.116. The Morgan fingerprint density at radius 3 is 2.67 bits per heavy atom.